The fourth-order valence-corrected chi connectivity index (χ4v) is 2.64. The molecule has 0 saturated heterocycles. The molecule has 0 N–H and O–H groups in total. The number of unbranched alkanes of at least 4 members (excludes halogenated alkanes) is 2. The van der Waals surface area contributed by atoms with E-state index in [0.29, 0.717) is 11.8 Å². The second-order valence-electron chi connectivity index (χ2n) is 5.47. The van der Waals surface area contributed by atoms with E-state index in [0.717, 1.165) is 13.2 Å². The molecule has 19 heavy (non-hydrogen) atoms. The molecular weight excluding hydrogens is 256 g/mol. The van der Waals surface area contributed by atoms with Crippen LogP contribution in [0.4, 0.5) is 0 Å². The van der Waals surface area contributed by atoms with Crippen LogP contribution < -0.4 is 0 Å². The number of rotatable bonds is 14. The van der Waals surface area contributed by atoms with Crippen molar-refractivity contribution in [1.29, 1.82) is 0 Å². The monoisotopic (exact) mass is 290 g/mol. The van der Waals surface area contributed by atoms with Crippen LogP contribution in [0.1, 0.15) is 79.1 Å². The first-order valence-electron chi connectivity index (χ1n) is 8.19. The normalized spacial score (nSPS) is 14.5. The summed E-state index contributed by atoms with van der Waals surface area (Å²) in [5.74, 6) is 1.39. The first-order valence-corrected chi connectivity index (χ1v) is 8.86. The fourth-order valence-electron chi connectivity index (χ4n) is 2.08. The maximum Gasteiger partial charge on any atom is 0.158 e. The standard InChI is InChI=1S/C16H34O2S/c1-5-9-11-15(7-3)13-17-19-18-14-16(8-4)12-10-6-2/h15-16H,5-14H2,1-4H3. The van der Waals surface area contributed by atoms with Crippen molar-refractivity contribution in [2.45, 2.75) is 79.1 Å². The highest BCUT2D eigenvalue weighted by atomic mass is 32.2. The van der Waals surface area contributed by atoms with Crippen LogP contribution in [0, 0.1) is 11.8 Å². The third kappa shape index (κ3) is 11.8. The Hall–Kier alpha value is 0.270. The molecule has 0 fully saturated rings. The Morgan fingerprint density at radius 3 is 1.47 bits per heavy atom. The van der Waals surface area contributed by atoms with E-state index >= 15 is 0 Å². The van der Waals surface area contributed by atoms with E-state index in [1.165, 1.54) is 63.7 Å². The van der Waals surface area contributed by atoms with Crippen LogP contribution >= 0.6 is 12.3 Å². The molecule has 0 bridgehead atoms. The van der Waals surface area contributed by atoms with Crippen molar-refractivity contribution >= 4 is 12.3 Å². The Morgan fingerprint density at radius 2 is 1.16 bits per heavy atom. The molecule has 116 valence electrons. The van der Waals surface area contributed by atoms with Crippen molar-refractivity contribution < 1.29 is 8.37 Å². The van der Waals surface area contributed by atoms with E-state index in [9.17, 15) is 0 Å². The van der Waals surface area contributed by atoms with Crippen molar-refractivity contribution in [2.24, 2.45) is 11.8 Å². The highest BCUT2D eigenvalue weighted by Crippen LogP contribution is 2.19. The average Bonchev–Trinajstić information content (AvgIpc) is 2.45. The van der Waals surface area contributed by atoms with Gasteiger partial charge in [-0.05, 0) is 24.7 Å². The Balaban J connectivity index is 3.50. The lowest BCUT2D eigenvalue weighted by atomic mass is 10.0. The third-order valence-corrected chi connectivity index (χ3v) is 4.25. The van der Waals surface area contributed by atoms with E-state index in [1.807, 2.05) is 0 Å². The summed E-state index contributed by atoms with van der Waals surface area (Å²) in [5.41, 5.74) is 0. The quantitative estimate of drug-likeness (QED) is 0.288. The molecule has 2 atom stereocenters. The van der Waals surface area contributed by atoms with Gasteiger partial charge in [-0.3, -0.25) is 8.37 Å². The molecule has 2 unspecified atom stereocenters. The largest absolute Gasteiger partial charge is 0.291 e. The zero-order valence-corrected chi connectivity index (χ0v) is 14.3. The first kappa shape index (κ1) is 19.3. The molecule has 3 heteroatoms. The van der Waals surface area contributed by atoms with E-state index in [1.54, 1.807) is 0 Å². The minimum Gasteiger partial charge on any atom is -0.291 e. The van der Waals surface area contributed by atoms with Crippen LogP contribution in [0.5, 0.6) is 0 Å². The van der Waals surface area contributed by atoms with Gasteiger partial charge in [0.25, 0.3) is 0 Å². The predicted octanol–water partition coefficient (Wildman–Crippen LogP) is 6.02. The topological polar surface area (TPSA) is 18.5 Å². The molecule has 0 aromatic carbocycles. The molecule has 0 amide bonds. The summed E-state index contributed by atoms with van der Waals surface area (Å²) in [4.78, 5) is 0. The van der Waals surface area contributed by atoms with E-state index in [2.05, 4.69) is 27.7 Å². The molecule has 0 aliphatic heterocycles. The molecule has 0 aliphatic rings. The van der Waals surface area contributed by atoms with Gasteiger partial charge in [0.05, 0.1) is 13.2 Å². The molecule has 2 nitrogen and oxygen atoms in total. The Kier molecular flexibility index (Phi) is 14.9. The minimum atomic E-state index is 0.693. The van der Waals surface area contributed by atoms with Gasteiger partial charge < -0.3 is 0 Å². The lowest BCUT2D eigenvalue weighted by Gasteiger charge is -2.15. The summed E-state index contributed by atoms with van der Waals surface area (Å²) in [6.07, 6.45) is 10.1. The zero-order chi connectivity index (χ0) is 14.3. The van der Waals surface area contributed by atoms with Gasteiger partial charge in [-0.25, -0.2) is 0 Å². The summed E-state index contributed by atoms with van der Waals surface area (Å²) in [6.45, 7) is 10.6. The van der Waals surface area contributed by atoms with Gasteiger partial charge in [-0.1, -0.05) is 66.2 Å². The third-order valence-electron chi connectivity index (χ3n) is 3.79. The van der Waals surface area contributed by atoms with E-state index < -0.39 is 0 Å². The summed E-state index contributed by atoms with van der Waals surface area (Å²) in [5, 5.41) is 0. The second kappa shape index (κ2) is 14.7. The maximum atomic E-state index is 5.58. The smallest absolute Gasteiger partial charge is 0.158 e. The lowest BCUT2D eigenvalue weighted by molar-refractivity contribution is 0.207. The van der Waals surface area contributed by atoms with Gasteiger partial charge in [-0.2, -0.15) is 0 Å². The van der Waals surface area contributed by atoms with Crippen molar-refractivity contribution in [3.8, 4) is 0 Å². The lowest BCUT2D eigenvalue weighted by Crippen LogP contribution is -2.08. The summed E-state index contributed by atoms with van der Waals surface area (Å²) < 4.78 is 11.2. The predicted molar refractivity (Wildman–Crippen MR) is 86.1 cm³/mol. The van der Waals surface area contributed by atoms with Crippen molar-refractivity contribution in [3.63, 3.8) is 0 Å². The van der Waals surface area contributed by atoms with Crippen molar-refractivity contribution in [2.75, 3.05) is 13.2 Å². The SMILES string of the molecule is CCCCC(CC)COSOCC(CC)CCCC. The van der Waals surface area contributed by atoms with Crippen LogP contribution in [-0.4, -0.2) is 13.2 Å². The average molecular weight is 291 g/mol. The Labute approximate surface area is 125 Å². The van der Waals surface area contributed by atoms with Crippen LogP contribution in [-0.2, 0) is 8.37 Å². The number of hydrogen-bond donors (Lipinski definition) is 0. The van der Waals surface area contributed by atoms with Crippen molar-refractivity contribution in [3.05, 3.63) is 0 Å². The molecule has 0 aromatic heterocycles. The van der Waals surface area contributed by atoms with Crippen molar-refractivity contribution in [1.82, 2.24) is 0 Å². The van der Waals surface area contributed by atoms with Gasteiger partial charge in [0.1, 0.15) is 0 Å². The fraction of sp³-hybridized carbons (Fsp3) is 1.00. The molecule has 0 saturated carbocycles. The molecule has 0 aliphatic carbocycles. The number of hydrogen-bond acceptors (Lipinski definition) is 3. The summed E-state index contributed by atoms with van der Waals surface area (Å²) in [6, 6.07) is 0. The molecule has 0 spiro atoms. The van der Waals surface area contributed by atoms with Gasteiger partial charge >= 0.3 is 0 Å². The minimum absolute atomic E-state index is 0.693. The van der Waals surface area contributed by atoms with Gasteiger partial charge in [0, 0.05) is 0 Å². The maximum absolute atomic E-state index is 5.58. The summed E-state index contributed by atoms with van der Waals surface area (Å²) >= 11 is 1.21. The van der Waals surface area contributed by atoms with Crippen LogP contribution in [0.2, 0.25) is 0 Å². The van der Waals surface area contributed by atoms with Crippen LogP contribution in [0.3, 0.4) is 0 Å². The molecule has 0 radical (unpaired) electrons. The molecular formula is C16H34O2S. The Bertz CT molecular complexity index is 158. The summed E-state index contributed by atoms with van der Waals surface area (Å²) in [7, 11) is 0. The van der Waals surface area contributed by atoms with E-state index in [-0.39, 0.29) is 0 Å². The molecule has 0 rings (SSSR count). The molecule has 0 aromatic rings. The zero-order valence-electron chi connectivity index (χ0n) is 13.5. The van der Waals surface area contributed by atoms with Crippen LogP contribution in [0.15, 0.2) is 0 Å². The van der Waals surface area contributed by atoms with Gasteiger partial charge in [0.2, 0.25) is 0 Å². The Morgan fingerprint density at radius 1 is 0.737 bits per heavy atom. The van der Waals surface area contributed by atoms with E-state index in [4.69, 9.17) is 8.37 Å². The highest BCUT2D eigenvalue weighted by Gasteiger charge is 2.08. The first-order chi connectivity index (χ1) is 9.28. The highest BCUT2D eigenvalue weighted by molar-refractivity contribution is 7.89. The van der Waals surface area contributed by atoms with Crippen LogP contribution in [0.25, 0.3) is 0 Å². The van der Waals surface area contributed by atoms with Gasteiger partial charge in [-0.15, -0.1) is 0 Å². The second-order valence-corrected chi connectivity index (χ2v) is 6.08. The molecule has 0 heterocycles. The van der Waals surface area contributed by atoms with Gasteiger partial charge in [0.15, 0.2) is 12.3 Å².